The van der Waals surface area contributed by atoms with Crippen LogP contribution in [0.4, 0.5) is 0 Å². The van der Waals surface area contributed by atoms with Gasteiger partial charge < -0.3 is 14.5 Å². The van der Waals surface area contributed by atoms with Gasteiger partial charge in [-0.15, -0.1) is 22.7 Å². The topological polar surface area (TPSA) is 49.9 Å². The zero-order valence-corrected chi connectivity index (χ0v) is 20.2. The minimum absolute atomic E-state index is 0.0436. The lowest BCUT2D eigenvalue weighted by molar-refractivity contribution is -0.136. The van der Waals surface area contributed by atoms with Gasteiger partial charge in [-0.1, -0.05) is 23.8 Å². The molecule has 1 aliphatic rings. The summed E-state index contributed by atoms with van der Waals surface area (Å²) in [7, 11) is 0. The largest absolute Gasteiger partial charge is 0.491 e. The monoisotopic (exact) mass is 468 g/mol. The maximum atomic E-state index is 13.5. The van der Waals surface area contributed by atoms with Gasteiger partial charge in [-0.05, 0) is 67.8 Å². The first-order valence-electron chi connectivity index (χ1n) is 10.8. The predicted molar refractivity (Wildman–Crippen MR) is 130 cm³/mol. The number of hydrogen-bond donors (Lipinski definition) is 0. The van der Waals surface area contributed by atoms with Crippen molar-refractivity contribution in [3.63, 3.8) is 0 Å². The normalized spacial score (nSPS) is 15.5. The lowest BCUT2D eigenvalue weighted by atomic mass is 10.00. The number of nitrogens with zero attached hydrogens (tertiary/aromatic N) is 2. The van der Waals surface area contributed by atoms with Crippen LogP contribution in [0.1, 0.15) is 45.6 Å². The standard InChI is InChI=1S/C25H28N2O3S2/c1-17(2)27(25(29)23-5-4-13-31-23)15-24(28)26-12-10-22-20(11-14-32-22)21(26)16-30-19-8-6-18(3)7-9-19/h4-9,11,13-14,17,21H,10,12,15-16H2,1-3H3. The van der Waals surface area contributed by atoms with Crippen LogP contribution in [0.5, 0.6) is 5.75 Å². The van der Waals surface area contributed by atoms with Gasteiger partial charge in [0.2, 0.25) is 5.91 Å². The Morgan fingerprint density at radius 2 is 1.91 bits per heavy atom. The van der Waals surface area contributed by atoms with Gasteiger partial charge in [0.1, 0.15) is 18.9 Å². The molecule has 5 nitrogen and oxygen atoms in total. The number of rotatable bonds is 7. The van der Waals surface area contributed by atoms with Crippen LogP contribution in [0.25, 0.3) is 0 Å². The van der Waals surface area contributed by atoms with E-state index >= 15 is 0 Å². The highest BCUT2D eigenvalue weighted by Gasteiger charge is 2.34. The number of carbonyl (C=O) groups is 2. The summed E-state index contributed by atoms with van der Waals surface area (Å²) in [6.07, 6.45) is 0.834. The van der Waals surface area contributed by atoms with Crippen LogP contribution < -0.4 is 4.74 Å². The Bertz CT molecular complexity index is 1060. The van der Waals surface area contributed by atoms with Gasteiger partial charge in [0.15, 0.2) is 0 Å². The summed E-state index contributed by atoms with van der Waals surface area (Å²) in [6, 6.07) is 13.5. The number of carbonyl (C=O) groups excluding carboxylic acids is 2. The van der Waals surface area contributed by atoms with E-state index in [1.807, 2.05) is 67.4 Å². The zero-order valence-electron chi connectivity index (χ0n) is 18.6. The first-order valence-corrected chi connectivity index (χ1v) is 12.6. The maximum Gasteiger partial charge on any atom is 0.264 e. The van der Waals surface area contributed by atoms with Crippen molar-refractivity contribution in [3.05, 3.63) is 74.1 Å². The Morgan fingerprint density at radius 3 is 2.59 bits per heavy atom. The van der Waals surface area contributed by atoms with Crippen LogP contribution in [0.15, 0.2) is 53.2 Å². The fraction of sp³-hybridized carbons (Fsp3) is 0.360. The van der Waals surface area contributed by atoms with Crippen LogP contribution in [0.3, 0.4) is 0 Å². The van der Waals surface area contributed by atoms with Crippen LogP contribution in [-0.2, 0) is 11.2 Å². The molecule has 1 aliphatic heterocycles. The molecule has 0 N–H and O–H groups in total. The highest BCUT2D eigenvalue weighted by molar-refractivity contribution is 7.12. The van der Waals surface area contributed by atoms with Gasteiger partial charge in [0.05, 0.1) is 10.9 Å². The third-order valence-electron chi connectivity index (χ3n) is 5.77. The molecule has 32 heavy (non-hydrogen) atoms. The Kier molecular flexibility index (Phi) is 6.96. The molecule has 0 radical (unpaired) electrons. The molecule has 4 rings (SSSR count). The summed E-state index contributed by atoms with van der Waals surface area (Å²) in [4.78, 5) is 32.0. The van der Waals surface area contributed by atoms with Crippen molar-refractivity contribution in [3.8, 4) is 5.75 Å². The summed E-state index contributed by atoms with van der Waals surface area (Å²) in [5, 5.41) is 3.97. The van der Waals surface area contributed by atoms with Gasteiger partial charge >= 0.3 is 0 Å². The fourth-order valence-corrected chi connectivity index (χ4v) is 5.56. The molecule has 0 saturated carbocycles. The van der Waals surface area contributed by atoms with E-state index in [-0.39, 0.29) is 30.4 Å². The zero-order chi connectivity index (χ0) is 22.7. The summed E-state index contributed by atoms with van der Waals surface area (Å²) in [6.45, 7) is 7.02. The molecule has 3 heterocycles. The second-order valence-corrected chi connectivity index (χ2v) is 10.2. The van der Waals surface area contributed by atoms with Gasteiger partial charge in [-0.25, -0.2) is 0 Å². The second kappa shape index (κ2) is 9.88. The van der Waals surface area contributed by atoms with Crippen molar-refractivity contribution in [2.75, 3.05) is 19.7 Å². The number of aryl methyl sites for hydroxylation is 1. The lowest BCUT2D eigenvalue weighted by Gasteiger charge is -2.37. The van der Waals surface area contributed by atoms with E-state index in [4.69, 9.17) is 4.74 Å². The summed E-state index contributed by atoms with van der Waals surface area (Å²) < 4.78 is 6.10. The number of fused-ring (bicyclic) bond motifs is 1. The quantitative estimate of drug-likeness (QED) is 0.480. The van der Waals surface area contributed by atoms with E-state index in [9.17, 15) is 9.59 Å². The van der Waals surface area contributed by atoms with Crippen molar-refractivity contribution in [1.82, 2.24) is 9.80 Å². The minimum Gasteiger partial charge on any atom is -0.491 e. The van der Waals surface area contributed by atoms with Crippen molar-refractivity contribution < 1.29 is 14.3 Å². The molecule has 0 spiro atoms. The summed E-state index contributed by atoms with van der Waals surface area (Å²) in [5.41, 5.74) is 2.33. The predicted octanol–water partition coefficient (Wildman–Crippen LogP) is 5.17. The van der Waals surface area contributed by atoms with Gasteiger partial charge in [0.25, 0.3) is 5.91 Å². The van der Waals surface area contributed by atoms with E-state index in [2.05, 4.69) is 11.4 Å². The molecule has 3 aromatic rings. The number of ether oxygens (including phenoxy) is 1. The van der Waals surface area contributed by atoms with Crippen LogP contribution in [0.2, 0.25) is 0 Å². The third-order valence-corrected chi connectivity index (χ3v) is 7.62. The average Bonchev–Trinajstić information content (AvgIpc) is 3.48. The second-order valence-electron chi connectivity index (χ2n) is 8.28. The average molecular weight is 469 g/mol. The first-order chi connectivity index (χ1) is 15.4. The van der Waals surface area contributed by atoms with E-state index < -0.39 is 0 Å². The molecule has 1 atom stereocenters. The fourth-order valence-electron chi connectivity index (χ4n) is 3.95. The Hall–Kier alpha value is -2.64. The van der Waals surface area contributed by atoms with E-state index in [0.29, 0.717) is 18.0 Å². The molecule has 7 heteroatoms. The number of benzene rings is 1. The third kappa shape index (κ3) is 4.89. The maximum absolute atomic E-state index is 13.5. The molecule has 0 bridgehead atoms. The SMILES string of the molecule is Cc1ccc(OCC2c3ccsc3CCN2C(=O)CN(C(=O)c2cccs2)C(C)C)cc1. The molecule has 2 aromatic heterocycles. The van der Waals surface area contributed by atoms with Gasteiger partial charge in [-0.3, -0.25) is 9.59 Å². The summed E-state index contributed by atoms with van der Waals surface area (Å²) >= 11 is 3.14. The van der Waals surface area contributed by atoms with Crippen LogP contribution in [0, 0.1) is 6.92 Å². The molecule has 0 aliphatic carbocycles. The number of hydrogen-bond acceptors (Lipinski definition) is 5. The van der Waals surface area contributed by atoms with E-state index in [1.165, 1.54) is 21.8 Å². The highest BCUT2D eigenvalue weighted by atomic mass is 32.1. The molecular formula is C25H28N2O3S2. The molecule has 168 valence electrons. The van der Waals surface area contributed by atoms with Crippen molar-refractivity contribution in [2.24, 2.45) is 0 Å². The number of thiophene rings is 2. The van der Waals surface area contributed by atoms with Crippen molar-refractivity contribution >= 4 is 34.5 Å². The molecule has 2 amide bonds. The number of amides is 2. The van der Waals surface area contributed by atoms with Gasteiger partial charge in [-0.2, -0.15) is 0 Å². The highest BCUT2D eigenvalue weighted by Crippen LogP contribution is 2.34. The first kappa shape index (κ1) is 22.6. The molecule has 0 fully saturated rings. The summed E-state index contributed by atoms with van der Waals surface area (Å²) in [5.74, 6) is 0.657. The van der Waals surface area contributed by atoms with Crippen molar-refractivity contribution in [2.45, 2.75) is 39.3 Å². The van der Waals surface area contributed by atoms with E-state index in [0.717, 1.165) is 17.7 Å². The van der Waals surface area contributed by atoms with Gasteiger partial charge in [0, 0.05) is 17.5 Å². The molecule has 0 saturated heterocycles. The minimum atomic E-state index is -0.162. The molecular weight excluding hydrogens is 440 g/mol. The van der Waals surface area contributed by atoms with Crippen molar-refractivity contribution in [1.29, 1.82) is 0 Å². The van der Waals surface area contributed by atoms with E-state index in [1.54, 1.807) is 16.2 Å². The van der Waals surface area contributed by atoms with Crippen LogP contribution >= 0.6 is 22.7 Å². The molecule has 1 aromatic carbocycles. The smallest absolute Gasteiger partial charge is 0.264 e. The van der Waals surface area contributed by atoms with Crippen LogP contribution in [-0.4, -0.2) is 47.4 Å². The Labute approximate surface area is 197 Å². The molecule has 1 unspecified atom stereocenters. The Morgan fingerprint density at radius 1 is 1.12 bits per heavy atom. The Balaban J connectivity index is 1.52. The lowest BCUT2D eigenvalue weighted by Crippen LogP contribution is -2.49.